The van der Waals surface area contributed by atoms with E-state index >= 15 is 0 Å². The summed E-state index contributed by atoms with van der Waals surface area (Å²) < 4.78 is 4.79. The first kappa shape index (κ1) is 18.4. The van der Waals surface area contributed by atoms with Crippen LogP contribution >= 0.6 is 11.6 Å². The molecule has 1 heterocycles. The molecule has 0 atom stereocenters. The van der Waals surface area contributed by atoms with Crippen LogP contribution in [0.3, 0.4) is 0 Å². The van der Waals surface area contributed by atoms with Crippen molar-refractivity contribution in [2.45, 2.75) is 0 Å². The molecule has 1 aromatic heterocycles. The number of hydrogen-bond acceptors (Lipinski definition) is 5. The quantitative estimate of drug-likeness (QED) is 0.635. The number of anilines is 3. The average molecular weight is 382 g/mol. The Hall–Kier alpha value is -3.38. The molecular weight excluding hydrogens is 366 g/mol. The Kier molecular flexibility index (Phi) is 5.68. The fraction of sp³-hybridized carbons (Fsp3) is 0.0500. The van der Waals surface area contributed by atoms with E-state index in [-0.39, 0.29) is 5.69 Å². The topological polar surface area (TPSA) is 80.3 Å². The second-order valence-electron chi connectivity index (χ2n) is 5.53. The van der Waals surface area contributed by atoms with Gasteiger partial charge in [0.1, 0.15) is 5.69 Å². The third-order valence-corrected chi connectivity index (χ3v) is 4.06. The summed E-state index contributed by atoms with van der Waals surface area (Å²) in [5.74, 6) is -0.850. The van der Waals surface area contributed by atoms with Gasteiger partial charge >= 0.3 is 5.97 Å². The van der Waals surface area contributed by atoms with Gasteiger partial charge in [0.05, 0.1) is 29.1 Å². The summed E-state index contributed by atoms with van der Waals surface area (Å²) in [5.41, 5.74) is 2.26. The van der Waals surface area contributed by atoms with E-state index in [1.807, 2.05) is 0 Å². The summed E-state index contributed by atoms with van der Waals surface area (Å²) in [4.78, 5) is 28.4. The van der Waals surface area contributed by atoms with Crippen molar-refractivity contribution in [3.63, 3.8) is 0 Å². The van der Waals surface area contributed by atoms with Crippen LogP contribution in [-0.4, -0.2) is 24.0 Å². The van der Waals surface area contributed by atoms with Gasteiger partial charge in [0.25, 0.3) is 5.91 Å². The smallest absolute Gasteiger partial charge is 0.339 e. The fourth-order valence-corrected chi connectivity index (χ4v) is 2.60. The Bertz CT molecular complexity index is 991. The van der Waals surface area contributed by atoms with Crippen LogP contribution in [0, 0.1) is 0 Å². The standard InChI is InChI=1S/C20H16ClN3O3/c1-27-20(26)14-6-2-4-8-16(14)23-13-10-11-22-18(12-13)19(25)24-17-9-5-3-7-15(17)21/h2-12H,1H3,(H,22,23)(H,24,25). The van der Waals surface area contributed by atoms with Crippen LogP contribution in [0.2, 0.25) is 5.02 Å². The lowest BCUT2D eigenvalue weighted by Crippen LogP contribution is -2.14. The molecule has 2 N–H and O–H groups in total. The van der Waals surface area contributed by atoms with E-state index in [4.69, 9.17) is 16.3 Å². The summed E-state index contributed by atoms with van der Waals surface area (Å²) in [6.07, 6.45) is 1.50. The molecule has 0 radical (unpaired) electrons. The van der Waals surface area contributed by atoms with E-state index in [9.17, 15) is 9.59 Å². The molecule has 0 spiro atoms. The lowest BCUT2D eigenvalue weighted by Gasteiger charge is -2.12. The predicted molar refractivity (Wildman–Crippen MR) is 105 cm³/mol. The molecule has 6 nitrogen and oxygen atoms in total. The molecule has 0 bridgehead atoms. The molecule has 3 aromatic rings. The fourth-order valence-electron chi connectivity index (χ4n) is 2.42. The van der Waals surface area contributed by atoms with Gasteiger partial charge in [0.15, 0.2) is 0 Å². The second-order valence-corrected chi connectivity index (χ2v) is 5.93. The summed E-state index contributed by atoms with van der Waals surface area (Å²) in [6.45, 7) is 0. The number of nitrogens with one attached hydrogen (secondary N) is 2. The summed E-state index contributed by atoms with van der Waals surface area (Å²) in [7, 11) is 1.32. The molecule has 2 aromatic carbocycles. The third-order valence-electron chi connectivity index (χ3n) is 3.73. The maximum atomic E-state index is 12.5. The monoisotopic (exact) mass is 381 g/mol. The number of nitrogens with zero attached hydrogens (tertiary/aromatic N) is 1. The lowest BCUT2D eigenvalue weighted by molar-refractivity contribution is 0.0601. The Labute approximate surface area is 161 Å². The lowest BCUT2D eigenvalue weighted by atomic mass is 10.1. The molecule has 0 aliphatic carbocycles. The third kappa shape index (κ3) is 4.43. The number of esters is 1. The molecule has 0 fully saturated rings. The van der Waals surface area contributed by atoms with E-state index < -0.39 is 11.9 Å². The maximum absolute atomic E-state index is 12.5. The van der Waals surface area contributed by atoms with Crippen LogP contribution in [0.25, 0.3) is 0 Å². The highest BCUT2D eigenvalue weighted by atomic mass is 35.5. The van der Waals surface area contributed by atoms with E-state index in [0.29, 0.717) is 27.6 Å². The summed E-state index contributed by atoms with van der Waals surface area (Å²) in [5, 5.41) is 6.27. The first-order valence-corrected chi connectivity index (χ1v) is 8.42. The zero-order chi connectivity index (χ0) is 19.2. The number of hydrogen-bond donors (Lipinski definition) is 2. The Morgan fingerprint density at radius 2 is 1.70 bits per heavy atom. The van der Waals surface area contributed by atoms with Gasteiger partial charge in [-0.25, -0.2) is 4.79 Å². The largest absolute Gasteiger partial charge is 0.465 e. The Balaban J connectivity index is 1.81. The van der Waals surface area contributed by atoms with E-state index in [1.165, 1.54) is 13.3 Å². The highest BCUT2D eigenvalue weighted by Gasteiger charge is 2.13. The van der Waals surface area contributed by atoms with Gasteiger partial charge in [0, 0.05) is 11.9 Å². The molecule has 1 amide bonds. The maximum Gasteiger partial charge on any atom is 0.339 e. The number of para-hydroxylation sites is 2. The number of rotatable bonds is 5. The highest BCUT2D eigenvalue weighted by Crippen LogP contribution is 2.23. The zero-order valence-corrected chi connectivity index (χ0v) is 15.2. The number of methoxy groups -OCH3 is 1. The van der Waals surface area contributed by atoms with E-state index in [0.717, 1.165) is 0 Å². The van der Waals surface area contributed by atoms with Crippen molar-refractivity contribution in [1.82, 2.24) is 4.98 Å². The van der Waals surface area contributed by atoms with Gasteiger partial charge in [0.2, 0.25) is 0 Å². The number of amides is 1. The molecule has 27 heavy (non-hydrogen) atoms. The van der Waals surface area contributed by atoms with Crippen LogP contribution in [0.5, 0.6) is 0 Å². The molecule has 0 saturated heterocycles. The SMILES string of the molecule is COC(=O)c1ccccc1Nc1ccnc(C(=O)Nc2ccccc2Cl)c1. The minimum absolute atomic E-state index is 0.204. The minimum Gasteiger partial charge on any atom is -0.465 e. The summed E-state index contributed by atoms with van der Waals surface area (Å²) >= 11 is 6.06. The van der Waals surface area contributed by atoms with Crippen LogP contribution in [0.4, 0.5) is 17.1 Å². The molecule has 7 heteroatoms. The van der Waals surface area contributed by atoms with Crippen LogP contribution in [0.15, 0.2) is 66.9 Å². The van der Waals surface area contributed by atoms with Crippen molar-refractivity contribution in [1.29, 1.82) is 0 Å². The van der Waals surface area contributed by atoms with Gasteiger partial charge in [-0.05, 0) is 36.4 Å². The number of ether oxygens (including phenoxy) is 1. The number of pyridine rings is 1. The number of carbonyl (C=O) groups is 2. The molecule has 0 aliphatic heterocycles. The molecule has 0 saturated carbocycles. The summed E-state index contributed by atoms with van der Waals surface area (Å²) in [6, 6.07) is 17.2. The molecule has 0 unspecified atom stereocenters. The first-order chi connectivity index (χ1) is 13.1. The number of benzene rings is 2. The molecule has 0 aliphatic rings. The van der Waals surface area contributed by atoms with Gasteiger partial charge in [-0.15, -0.1) is 0 Å². The van der Waals surface area contributed by atoms with E-state index in [2.05, 4.69) is 15.6 Å². The van der Waals surface area contributed by atoms with Crippen molar-refractivity contribution in [2.24, 2.45) is 0 Å². The Morgan fingerprint density at radius 1 is 1.00 bits per heavy atom. The van der Waals surface area contributed by atoms with Crippen molar-refractivity contribution in [3.05, 3.63) is 83.1 Å². The van der Waals surface area contributed by atoms with Gasteiger partial charge in [-0.2, -0.15) is 0 Å². The molecule has 3 rings (SSSR count). The average Bonchev–Trinajstić information content (AvgIpc) is 2.70. The number of halogens is 1. The zero-order valence-electron chi connectivity index (χ0n) is 14.4. The number of carbonyl (C=O) groups excluding carboxylic acids is 2. The Morgan fingerprint density at radius 3 is 2.44 bits per heavy atom. The molecular formula is C20H16ClN3O3. The van der Waals surface area contributed by atoms with Gasteiger partial charge in [-0.1, -0.05) is 35.9 Å². The van der Waals surface area contributed by atoms with Crippen LogP contribution < -0.4 is 10.6 Å². The van der Waals surface area contributed by atoms with Crippen LogP contribution in [-0.2, 0) is 4.74 Å². The van der Waals surface area contributed by atoms with Crippen molar-refractivity contribution >= 4 is 40.5 Å². The predicted octanol–water partition coefficient (Wildman–Crippen LogP) is 4.52. The van der Waals surface area contributed by atoms with E-state index in [1.54, 1.807) is 60.7 Å². The van der Waals surface area contributed by atoms with Crippen LogP contribution in [0.1, 0.15) is 20.8 Å². The van der Waals surface area contributed by atoms with Crippen molar-refractivity contribution in [2.75, 3.05) is 17.7 Å². The molecule has 136 valence electrons. The van der Waals surface area contributed by atoms with Crippen molar-refractivity contribution in [3.8, 4) is 0 Å². The van der Waals surface area contributed by atoms with Gasteiger partial charge in [-0.3, -0.25) is 9.78 Å². The number of aromatic nitrogens is 1. The van der Waals surface area contributed by atoms with Gasteiger partial charge < -0.3 is 15.4 Å². The van der Waals surface area contributed by atoms with Crippen molar-refractivity contribution < 1.29 is 14.3 Å². The first-order valence-electron chi connectivity index (χ1n) is 8.05. The second kappa shape index (κ2) is 8.33. The highest BCUT2D eigenvalue weighted by molar-refractivity contribution is 6.33. The minimum atomic E-state index is -0.455. The normalized spacial score (nSPS) is 10.1.